The van der Waals surface area contributed by atoms with Gasteiger partial charge in [0.2, 0.25) is 0 Å². The van der Waals surface area contributed by atoms with Gasteiger partial charge in [0.15, 0.2) is 6.10 Å². The molecule has 0 spiro atoms. The zero-order chi connectivity index (χ0) is 20.1. The van der Waals surface area contributed by atoms with Crippen molar-refractivity contribution in [3.8, 4) is 0 Å². The van der Waals surface area contributed by atoms with Crippen molar-refractivity contribution in [3.05, 3.63) is 82.9 Å². The molecule has 5 heteroatoms. The van der Waals surface area contributed by atoms with Crippen molar-refractivity contribution in [2.24, 2.45) is 0 Å². The molecule has 1 atom stereocenters. The molecule has 28 heavy (non-hydrogen) atoms. The fourth-order valence-electron chi connectivity index (χ4n) is 2.78. The van der Waals surface area contributed by atoms with E-state index in [1.54, 1.807) is 18.2 Å². The Kier molecular flexibility index (Phi) is 6.12. The van der Waals surface area contributed by atoms with E-state index >= 15 is 0 Å². The van der Waals surface area contributed by atoms with Gasteiger partial charge in [0.25, 0.3) is 5.91 Å². The molecule has 0 bridgehead atoms. The fourth-order valence-corrected chi connectivity index (χ4v) is 2.96. The molecule has 0 saturated heterocycles. The number of carbonyl (C=O) groups excluding carboxylic acids is 2. The van der Waals surface area contributed by atoms with Crippen molar-refractivity contribution < 1.29 is 14.3 Å². The number of rotatable bonds is 5. The molecule has 142 valence electrons. The number of nitrogens with one attached hydrogen (secondary N) is 1. The second-order valence-electron chi connectivity index (χ2n) is 6.43. The number of fused-ring (bicyclic) bond motifs is 1. The molecule has 0 radical (unpaired) electrons. The lowest BCUT2D eigenvalue weighted by Gasteiger charge is -2.14. The number of hydrogen-bond acceptors (Lipinski definition) is 3. The number of esters is 1. The topological polar surface area (TPSA) is 55.4 Å². The highest BCUT2D eigenvalue weighted by Crippen LogP contribution is 2.21. The molecular formula is C23H20ClNO3. The van der Waals surface area contributed by atoms with Gasteiger partial charge in [0, 0.05) is 16.8 Å². The minimum Gasteiger partial charge on any atom is -0.449 e. The van der Waals surface area contributed by atoms with Gasteiger partial charge >= 0.3 is 5.97 Å². The largest absolute Gasteiger partial charge is 0.449 e. The Hall–Kier alpha value is -3.11. The number of carbonyl (C=O) groups is 2. The minimum absolute atomic E-state index is 0.419. The molecular weight excluding hydrogens is 374 g/mol. The molecule has 0 fully saturated rings. The third kappa shape index (κ3) is 4.78. The molecule has 1 amide bonds. The van der Waals surface area contributed by atoms with Crippen molar-refractivity contribution in [1.29, 1.82) is 0 Å². The first kappa shape index (κ1) is 19.6. The number of anilines is 1. The van der Waals surface area contributed by atoms with E-state index in [1.807, 2.05) is 55.5 Å². The maximum absolute atomic E-state index is 12.3. The van der Waals surface area contributed by atoms with Gasteiger partial charge in [-0.25, -0.2) is 4.79 Å². The van der Waals surface area contributed by atoms with E-state index in [0.29, 0.717) is 10.7 Å². The van der Waals surface area contributed by atoms with Gasteiger partial charge in [-0.2, -0.15) is 0 Å². The first-order chi connectivity index (χ1) is 13.4. The van der Waals surface area contributed by atoms with Crippen LogP contribution in [0.25, 0.3) is 16.8 Å². The summed E-state index contributed by atoms with van der Waals surface area (Å²) in [6, 6.07) is 19.0. The molecule has 0 saturated carbocycles. The SMILES string of the molecule is Cc1ccc(Cl)cc1NC(=O)C(C)OC(=O)/C=C/c1cccc2ccccc12. The maximum Gasteiger partial charge on any atom is 0.331 e. The summed E-state index contributed by atoms with van der Waals surface area (Å²) in [4.78, 5) is 24.4. The van der Waals surface area contributed by atoms with Gasteiger partial charge in [-0.1, -0.05) is 60.1 Å². The van der Waals surface area contributed by atoms with E-state index in [1.165, 1.54) is 13.0 Å². The van der Waals surface area contributed by atoms with E-state index in [9.17, 15) is 9.59 Å². The van der Waals surface area contributed by atoms with Gasteiger partial charge < -0.3 is 10.1 Å². The van der Waals surface area contributed by atoms with Crippen molar-refractivity contribution in [1.82, 2.24) is 0 Å². The predicted octanol–water partition coefficient (Wildman–Crippen LogP) is 5.39. The summed E-state index contributed by atoms with van der Waals surface area (Å²) >= 11 is 5.96. The molecule has 0 aliphatic rings. The van der Waals surface area contributed by atoms with E-state index in [0.717, 1.165) is 21.9 Å². The maximum atomic E-state index is 12.3. The van der Waals surface area contributed by atoms with Crippen LogP contribution >= 0.6 is 11.6 Å². The molecule has 4 nitrogen and oxygen atoms in total. The Morgan fingerprint density at radius 3 is 2.64 bits per heavy atom. The predicted molar refractivity (Wildman–Crippen MR) is 113 cm³/mol. The number of halogens is 1. The average Bonchev–Trinajstić information content (AvgIpc) is 2.69. The summed E-state index contributed by atoms with van der Waals surface area (Å²) < 4.78 is 5.22. The highest BCUT2D eigenvalue weighted by atomic mass is 35.5. The minimum atomic E-state index is -0.942. The van der Waals surface area contributed by atoms with Gasteiger partial charge in [-0.3, -0.25) is 4.79 Å². The average molecular weight is 394 g/mol. The zero-order valence-corrected chi connectivity index (χ0v) is 16.4. The van der Waals surface area contributed by atoms with Crippen LogP contribution in [0, 0.1) is 6.92 Å². The van der Waals surface area contributed by atoms with Gasteiger partial charge in [-0.05, 0) is 54.0 Å². The van der Waals surface area contributed by atoms with Crippen LogP contribution in [0.3, 0.4) is 0 Å². The zero-order valence-electron chi connectivity index (χ0n) is 15.6. The van der Waals surface area contributed by atoms with Crippen LogP contribution in [0.4, 0.5) is 5.69 Å². The first-order valence-corrected chi connectivity index (χ1v) is 9.25. The van der Waals surface area contributed by atoms with Crippen LogP contribution in [0.15, 0.2) is 66.7 Å². The fraction of sp³-hybridized carbons (Fsp3) is 0.130. The van der Waals surface area contributed by atoms with Crippen molar-refractivity contribution >= 4 is 46.0 Å². The molecule has 1 N–H and O–H groups in total. The smallest absolute Gasteiger partial charge is 0.331 e. The molecule has 3 aromatic rings. The monoisotopic (exact) mass is 393 g/mol. The highest BCUT2D eigenvalue weighted by molar-refractivity contribution is 6.31. The van der Waals surface area contributed by atoms with Crippen LogP contribution in [0.2, 0.25) is 5.02 Å². The second-order valence-corrected chi connectivity index (χ2v) is 6.87. The molecule has 0 heterocycles. The summed E-state index contributed by atoms with van der Waals surface area (Å²) in [5.74, 6) is -1.00. The van der Waals surface area contributed by atoms with Crippen molar-refractivity contribution in [2.45, 2.75) is 20.0 Å². The Bertz CT molecular complexity index is 1050. The molecule has 1 unspecified atom stereocenters. The van der Waals surface area contributed by atoms with Crippen LogP contribution in [-0.2, 0) is 14.3 Å². The number of ether oxygens (including phenoxy) is 1. The quantitative estimate of drug-likeness (QED) is 0.467. The van der Waals surface area contributed by atoms with Gasteiger partial charge in [0.05, 0.1) is 0 Å². The summed E-state index contributed by atoms with van der Waals surface area (Å²) in [6.45, 7) is 3.38. The number of benzene rings is 3. The third-order valence-electron chi connectivity index (χ3n) is 4.34. The van der Waals surface area contributed by atoms with Crippen LogP contribution in [0.5, 0.6) is 0 Å². The first-order valence-electron chi connectivity index (χ1n) is 8.87. The van der Waals surface area contributed by atoms with Crippen molar-refractivity contribution in [3.63, 3.8) is 0 Å². The van der Waals surface area contributed by atoms with E-state index < -0.39 is 18.0 Å². The summed E-state index contributed by atoms with van der Waals surface area (Å²) in [5.41, 5.74) is 2.36. The van der Waals surface area contributed by atoms with Crippen LogP contribution in [-0.4, -0.2) is 18.0 Å². The normalized spacial score (nSPS) is 12.1. The number of aryl methyl sites for hydroxylation is 1. The summed E-state index contributed by atoms with van der Waals surface area (Å²) in [7, 11) is 0. The Balaban J connectivity index is 1.64. The lowest BCUT2D eigenvalue weighted by molar-refractivity contribution is -0.148. The van der Waals surface area contributed by atoms with Gasteiger partial charge in [0.1, 0.15) is 0 Å². The lowest BCUT2D eigenvalue weighted by atomic mass is 10.0. The van der Waals surface area contributed by atoms with E-state index in [-0.39, 0.29) is 0 Å². The molecule has 3 rings (SSSR count). The summed E-state index contributed by atoms with van der Waals surface area (Å²) in [6.07, 6.45) is 2.08. The third-order valence-corrected chi connectivity index (χ3v) is 4.58. The summed E-state index contributed by atoms with van der Waals surface area (Å²) in [5, 5.41) is 5.37. The second kappa shape index (κ2) is 8.72. The van der Waals surface area contributed by atoms with E-state index in [2.05, 4.69) is 5.32 Å². The molecule has 0 aliphatic heterocycles. The molecule has 0 aliphatic carbocycles. The van der Waals surface area contributed by atoms with Crippen LogP contribution < -0.4 is 5.32 Å². The lowest BCUT2D eigenvalue weighted by Crippen LogP contribution is -2.29. The standard InChI is InChI=1S/C23H20ClNO3/c1-15-10-12-19(24)14-21(15)25-23(27)16(2)28-22(26)13-11-18-8-5-7-17-6-3-4-9-20(17)18/h3-14,16H,1-2H3,(H,25,27)/b13-11+. The van der Waals surface area contributed by atoms with Gasteiger partial charge in [-0.15, -0.1) is 0 Å². The molecule has 0 aromatic heterocycles. The van der Waals surface area contributed by atoms with Crippen LogP contribution in [0.1, 0.15) is 18.1 Å². The molecule has 3 aromatic carbocycles. The Morgan fingerprint density at radius 1 is 1.07 bits per heavy atom. The number of hydrogen-bond donors (Lipinski definition) is 1. The number of amides is 1. The Morgan fingerprint density at radius 2 is 1.82 bits per heavy atom. The van der Waals surface area contributed by atoms with Crippen molar-refractivity contribution in [2.75, 3.05) is 5.32 Å². The highest BCUT2D eigenvalue weighted by Gasteiger charge is 2.17. The Labute approximate surface area is 168 Å². The van der Waals surface area contributed by atoms with E-state index in [4.69, 9.17) is 16.3 Å².